The molecule has 3 aromatic rings. The zero-order chi connectivity index (χ0) is 22.7. The molecule has 1 saturated heterocycles. The predicted octanol–water partition coefficient (Wildman–Crippen LogP) is 4.99. The monoisotopic (exact) mass is 468 g/mol. The molecule has 0 saturated carbocycles. The van der Waals surface area contributed by atoms with Crippen LogP contribution < -0.4 is 4.90 Å². The average Bonchev–Trinajstić information content (AvgIpc) is 2.78. The lowest BCUT2D eigenvalue weighted by Crippen LogP contribution is -2.53. The molecule has 0 N–H and O–H groups in total. The van der Waals surface area contributed by atoms with Crippen molar-refractivity contribution in [2.24, 2.45) is 0 Å². The Morgan fingerprint density at radius 2 is 1.72 bits per heavy atom. The fourth-order valence-electron chi connectivity index (χ4n) is 4.30. The standard InChI is InChI=1S/C26H29ClN2O2S/c1-20-11-12-22(16-26(20)27)18-28-13-14-29(19-24(28)15-21-7-4-3-5-8-21)23-9-6-10-25(17-23)32(2,30)31/h3-12,16-17,24H,13-15,18-19H2,1-2H3/t24-/m0/s1. The highest BCUT2D eigenvalue weighted by Crippen LogP contribution is 2.26. The molecule has 0 aliphatic carbocycles. The number of nitrogens with zero attached hydrogens (tertiary/aromatic N) is 2. The Labute approximate surface area is 196 Å². The van der Waals surface area contributed by atoms with E-state index in [-0.39, 0.29) is 0 Å². The van der Waals surface area contributed by atoms with Crippen LogP contribution in [0, 0.1) is 6.92 Å². The Hall–Kier alpha value is -2.34. The van der Waals surface area contributed by atoms with Crippen LogP contribution in [-0.4, -0.2) is 45.2 Å². The van der Waals surface area contributed by atoms with Gasteiger partial charge >= 0.3 is 0 Å². The van der Waals surface area contributed by atoms with Crippen molar-refractivity contribution in [3.05, 3.63) is 94.5 Å². The molecule has 1 fully saturated rings. The summed E-state index contributed by atoms with van der Waals surface area (Å²) in [5.74, 6) is 0. The second-order valence-electron chi connectivity index (χ2n) is 8.61. The Bertz CT molecular complexity index is 1180. The molecule has 1 atom stereocenters. The van der Waals surface area contributed by atoms with Gasteiger partial charge in [-0.1, -0.05) is 60.1 Å². The van der Waals surface area contributed by atoms with Gasteiger partial charge in [-0.3, -0.25) is 4.90 Å². The van der Waals surface area contributed by atoms with Gasteiger partial charge < -0.3 is 4.90 Å². The van der Waals surface area contributed by atoms with E-state index in [2.05, 4.69) is 52.3 Å². The third-order valence-corrected chi connectivity index (χ3v) is 7.67. The number of piperazine rings is 1. The molecule has 0 unspecified atom stereocenters. The molecule has 32 heavy (non-hydrogen) atoms. The van der Waals surface area contributed by atoms with Gasteiger partial charge in [0.25, 0.3) is 0 Å². The minimum Gasteiger partial charge on any atom is -0.369 e. The summed E-state index contributed by atoms with van der Waals surface area (Å²) in [5.41, 5.74) is 4.57. The van der Waals surface area contributed by atoms with Crippen LogP contribution in [0.2, 0.25) is 5.02 Å². The number of anilines is 1. The van der Waals surface area contributed by atoms with Crippen molar-refractivity contribution in [2.45, 2.75) is 30.8 Å². The van der Waals surface area contributed by atoms with Gasteiger partial charge in [-0.15, -0.1) is 0 Å². The summed E-state index contributed by atoms with van der Waals surface area (Å²) >= 11 is 6.38. The maximum atomic E-state index is 12.0. The van der Waals surface area contributed by atoms with E-state index < -0.39 is 9.84 Å². The van der Waals surface area contributed by atoms with E-state index >= 15 is 0 Å². The van der Waals surface area contributed by atoms with Gasteiger partial charge in [0.2, 0.25) is 0 Å². The van der Waals surface area contributed by atoms with Crippen molar-refractivity contribution < 1.29 is 8.42 Å². The zero-order valence-electron chi connectivity index (χ0n) is 18.5. The highest BCUT2D eigenvalue weighted by Gasteiger charge is 2.28. The molecule has 3 aromatic carbocycles. The third kappa shape index (κ3) is 5.52. The number of aryl methyl sites for hydroxylation is 1. The van der Waals surface area contributed by atoms with Crippen molar-refractivity contribution in [3.8, 4) is 0 Å². The number of sulfone groups is 1. The molecule has 0 aromatic heterocycles. The molecule has 6 heteroatoms. The summed E-state index contributed by atoms with van der Waals surface area (Å²) < 4.78 is 24.1. The van der Waals surface area contributed by atoms with E-state index in [1.807, 2.05) is 25.1 Å². The molecule has 1 aliphatic rings. The van der Waals surface area contributed by atoms with Crippen LogP contribution in [0.15, 0.2) is 77.7 Å². The van der Waals surface area contributed by atoms with Crippen LogP contribution in [0.25, 0.3) is 0 Å². The maximum absolute atomic E-state index is 12.0. The smallest absolute Gasteiger partial charge is 0.175 e. The minimum atomic E-state index is -3.23. The molecule has 168 valence electrons. The SMILES string of the molecule is Cc1ccc(CN2CCN(c3cccc(S(C)(=O)=O)c3)C[C@@H]2Cc2ccccc2)cc1Cl. The minimum absolute atomic E-state index is 0.299. The fraction of sp³-hybridized carbons (Fsp3) is 0.308. The van der Waals surface area contributed by atoms with E-state index in [1.54, 1.807) is 12.1 Å². The second-order valence-corrected chi connectivity index (χ2v) is 11.0. The highest BCUT2D eigenvalue weighted by atomic mass is 35.5. The van der Waals surface area contributed by atoms with Crippen molar-refractivity contribution in [2.75, 3.05) is 30.8 Å². The lowest BCUT2D eigenvalue weighted by atomic mass is 10.0. The summed E-state index contributed by atoms with van der Waals surface area (Å²) in [5, 5.41) is 0.804. The molecule has 4 nitrogen and oxygen atoms in total. The van der Waals surface area contributed by atoms with Crippen LogP contribution in [0.1, 0.15) is 16.7 Å². The second kappa shape index (κ2) is 9.65. The van der Waals surface area contributed by atoms with Crippen molar-refractivity contribution in [1.82, 2.24) is 4.90 Å². The average molecular weight is 469 g/mol. The molecule has 1 heterocycles. The molecular formula is C26H29ClN2O2S. The van der Waals surface area contributed by atoms with Crippen LogP contribution in [0.5, 0.6) is 0 Å². The van der Waals surface area contributed by atoms with E-state index in [1.165, 1.54) is 17.4 Å². The predicted molar refractivity (Wildman–Crippen MR) is 132 cm³/mol. The first kappa shape index (κ1) is 22.8. The number of hydrogen-bond acceptors (Lipinski definition) is 4. The van der Waals surface area contributed by atoms with E-state index in [9.17, 15) is 8.42 Å². The van der Waals surface area contributed by atoms with E-state index in [0.29, 0.717) is 10.9 Å². The fourth-order valence-corrected chi connectivity index (χ4v) is 5.16. The zero-order valence-corrected chi connectivity index (χ0v) is 20.1. The number of hydrogen-bond donors (Lipinski definition) is 0. The van der Waals surface area contributed by atoms with Crippen molar-refractivity contribution >= 4 is 27.1 Å². The molecule has 0 radical (unpaired) electrons. The molecule has 4 rings (SSSR count). The molecule has 1 aliphatic heterocycles. The molecule has 0 spiro atoms. The normalized spacial score (nSPS) is 17.5. The first-order valence-electron chi connectivity index (χ1n) is 10.9. The number of rotatable bonds is 6. The lowest BCUT2D eigenvalue weighted by molar-refractivity contribution is 0.167. The van der Waals surface area contributed by atoms with Gasteiger partial charge in [0.15, 0.2) is 9.84 Å². The Balaban J connectivity index is 1.58. The van der Waals surface area contributed by atoms with E-state index in [0.717, 1.165) is 48.9 Å². The summed E-state index contributed by atoms with van der Waals surface area (Å²) in [7, 11) is -3.23. The maximum Gasteiger partial charge on any atom is 0.175 e. The van der Waals surface area contributed by atoms with Gasteiger partial charge in [-0.05, 0) is 54.3 Å². The van der Waals surface area contributed by atoms with Crippen LogP contribution in [0.3, 0.4) is 0 Å². The summed E-state index contributed by atoms with van der Waals surface area (Å²) in [6.45, 7) is 5.44. The van der Waals surface area contributed by atoms with Gasteiger partial charge in [0.05, 0.1) is 4.90 Å². The van der Waals surface area contributed by atoms with Crippen molar-refractivity contribution in [1.29, 1.82) is 0 Å². The van der Waals surface area contributed by atoms with E-state index in [4.69, 9.17) is 11.6 Å². The lowest BCUT2D eigenvalue weighted by Gasteiger charge is -2.43. The summed E-state index contributed by atoms with van der Waals surface area (Å²) in [6, 6.07) is 24.4. The van der Waals surface area contributed by atoms with Gasteiger partial charge in [0, 0.05) is 49.2 Å². The Kier molecular flexibility index (Phi) is 6.89. The highest BCUT2D eigenvalue weighted by molar-refractivity contribution is 7.90. The van der Waals surface area contributed by atoms with Gasteiger partial charge in [0.1, 0.15) is 0 Å². The summed E-state index contributed by atoms with van der Waals surface area (Å²) in [4.78, 5) is 5.19. The topological polar surface area (TPSA) is 40.6 Å². The quantitative estimate of drug-likeness (QED) is 0.511. The first-order chi connectivity index (χ1) is 15.3. The molecular weight excluding hydrogens is 440 g/mol. The first-order valence-corrected chi connectivity index (χ1v) is 13.1. The molecule has 0 amide bonds. The Morgan fingerprint density at radius 3 is 2.44 bits per heavy atom. The third-order valence-electron chi connectivity index (χ3n) is 6.15. The largest absolute Gasteiger partial charge is 0.369 e. The van der Waals surface area contributed by atoms with Crippen LogP contribution in [-0.2, 0) is 22.8 Å². The van der Waals surface area contributed by atoms with Crippen LogP contribution >= 0.6 is 11.6 Å². The Morgan fingerprint density at radius 1 is 0.938 bits per heavy atom. The van der Waals surface area contributed by atoms with Crippen LogP contribution in [0.4, 0.5) is 5.69 Å². The summed E-state index contributed by atoms with van der Waals surface area (Å²) in [6.07, 6.45) is 2.19. The number of halogens is 1. The number of benzene rings is 3. The van der Waals surface area contributed by atoms with Gasteiger partial charge in [-0.2, -0.15) is 0 Å². The van der Waals surface area contributed by atoms with Crippen molar-refractivity contribution in [3.63, 3.8) is 0 Å². The molecule has 0 bridgehead atoms. The van der Waals surface area contributed by atoms with Gasteiger partial charge in [-0.25, -0.2) is 8.42 Å².